The summed E-state index contributed by atoms with van der Waals surface area (Å²) in [5.74, 6) is 0.517. The van der Waals surface area contributed by atoms with Crippen LogP contribution in [0, 0.1) is 24.0 Å². The molecule has 1 fully saturated rings. The molecule has 1 aromatic heterocycles. The lowest BCUT2D eigenvalue weighted by atomic mass is 10.1. The summed E-state index contributed by atoms with van der Waals surface area (Å²) in [6, 6.07) is 15.6. The van der Waals surface area contributed by atoms with E-state index in [2.05, 4.69) is 10.3 Å². The molecule has 0 atom stereocenters. The average Bonchev–Trinajstić information content (AvgIpc) is 3.31. The summed E-state index contributed by atoms with van der Waals surface area (Å²) < 4.78 is 5.75. The van der Waals surface area contributed by atoms with Gasteiger partial charge in [-0.1, -0.05) is 24.3 Å². The summed E-state index contributed by atoms with van der Waals surface area (Å²) in [6.07, 6.45) is 1.60. The highest BCUT2D eigenvalue weighted by Gasteiger charge is 2.25. The monoisotopic (exact) mass is 419 g/mol. The fourth-order valence-corrected chi connectivity index (χ4v) is 3.79. The van der Waals surface area contributed by atoms with Crippen LogP contribution in [0.2, 0.25) is 0 Å². The number of amides is 1. The van der Waals surface area contributed by atoms with Gasteiger partial charge in [-0.15, -0.1) is 0 Å². The van der Waals surface area contributed by atoms with Crippen LogP contribution >= 0.6 is 11.8 Å². The zero-order chi connectivity index (χ0) is 21.3. The highest BCUT2D eigenvalue weighted by Crippen LogP contribution is 2.33. The lowest BCUT2D eigenvalue weighted by molar-refractivity contribution is -0.384. The molecule has 7 nitrogen and oxygen atoms in total. The van der Waals surface area contributed by atoms with Gasteiger partial charge in [0, 0.05) is 12.1 Å². The van der Waals surface area contributed by atoms with Crippen molar-refractivity contribution in [1.29, 1.82) is 0 Å². The molecule has 1 aliphatic rings. The Bertz CT molecular complexity index is 1230. The minimum atomic E-state index is -0.452. The number of amidine groups is 1. The van der Waals surface area contributed by atoms with Crippen LogP contribution in [0.4, 0.5) is 11.4 Å². The summed E-state index contributed by atoms with van der Waals surface area (Å²) in [5, 5.41) is 14.5. The minimum absolute atomic E-state index is 0.0398. The summed E-state index contributed by atoms with van der Waals surface area (Å²) in [6.45, 7) is 3.95. The van der Waals surface area contributed by atoms with Gasteiger partial charge in [0.15, 0.2) is 5.17 Å². The fraction of sp³-hybridized carbons (Fsp3) is 0.0909. The first kappa shape index (κ1) is 19.7. The molecule has 1 aliphatic heterocycles. The molecule has 4 rings (SSSR count). The van der Waals surface area contributed by atoms with E-state index >= 15 is 0 Å². The largest absolute Gasteiger partial charge is 0.456 e. The molecule has 3 aromatic rings. The van der Waals surface area contributed by atoms with E-state index in [0.29, 0.717) is 27.2 Å². The summed E-state index contributed by atoms with van der Waals surface area (Å²) in [4.78, 5) is 28.1. The highest BCUT2D eigenvalue weighted by atomic mass is 32.2. The Kier molecular flexibility index (Phi) is 5.24. The standard InChI is InChI=1S/C22H17N3O4S/c1-13-7-8-14(2)17(11-13)23-22-24-21(26)20(30-22)12-15-9-10-19(29-15)16-5-3-4-6-18(16)25(27)28/h3-12H,1-2H3,(H,23,24,26). The van der Waals surface area contributed by atoms with Crippen LogP contribution in [0.1, 0.15) is 16.9 Å². The maximum absolute atomic E-state index is 12.3. The Labute approximate surface area is 176 Å². The van der Waals surface area contributed by atoms with Crippen molar-refractivity contribution < 1.29 is 14.1 Å². The van der Waals surface area contributed by atoms with Gasteiger partial charge in [0.25, 0.3) is 11.6 Å². The quantitative estimate of drug-likeness (QED) is 0.349. The number of nitrogens with one attached hydrogen (secondary N) is 1. The third-order valence-corrected chi connectivity index (χ3v) is 5.41. The topological polar surface area (TPSA) is 97.7 Å². The van der Waals surface area contributed by atoms with E-state index in [0.717, 1.165) is 16.8 Å². The van der Waals surface area contributed by atoms with Crippen molar-refractivity contribution in [3.8, 4) is 11.3 Å². The summed E-state index contributed by atoms with van der Waals surface area (Å²) in [7, 11) is 0. The molecular formula is C22H17N3O4S. The van der Waals surface area contributed by atoms with Gasteiger partial charge in [-0.05, 0) is 61.0 Å². The van der Waals surface area contributed by atoms with E-state index in [4.69, 9.17) is 4.42 Å². The first-order chi connectivity index (χ1) is 14.4. The number of hydrogen-bond acceptors (Lipinski definition) is 6. The molecule has 1 amide bonds. The van der Waals surface area contributed by atoms with Gasteiger partial charge in [0.2, 0.25) is 0 Å². The lowest BCUT2D eigenvalue weighted by Gasteiger charge is -2.02. The number of aryl methyl sites for hydroxylation is 2. The van der Waals surface area contributed by atoms with Gasteiger partial charge in [-0.2, -0.15) is 0 Å². The molecule has 0 radical (unpaired) electrons. The average molecular weight is 419 g/mol. The van der Waals surface area contributed by atoms with Crippen molar-refractivity contribution in [2.24, 2.45) is 4.99 Å². The number of carbonyl (C=O) groups is 1. The number of benzene rings is 2. The van der Waals surface area contributed by atoms with Gasteiger partial charge in [0.05, 0.1) is 21.1 Å². The number of rotatable bonds is 4. The second-order valence-electron chi connectivity index (χ2n) is 6.75. The molecular weight excluding hydrogens is 402 g/mol. The van der Waals surface area contributed by atoms with Crippen molar-refractivity contribution in [3.63, 3.8) is 0 Å². The Morgan fingerprint density at radius 1 is 1.13 bits per heavy atom. The van der Waals surface area contributed by atoms with Gasteiger partial charge in [-0.3, -0.25) is 14.9 Å². The normalized spacial score (nSPS) is 16.3. The number of nitrogens with zero attached hydrogens (tertiary/aromatic N) is 2. The zero-order valence-electron chi connectivity index (χ0n) is 16.2. The van der Waals surface area contributed by atoms with E-state index in [1.165, 1.54) is 17.8 Å². The SMILES string of the molecule is Cc1ccc(C)c(N=C2NC(=O)C(=Cc3ccc(-c4ccccc4[N+](=O)[O-])o3)S2)c1. The number of aliphatic imine (C=N–C) groups is 1. The van der Waals surface area contributed by atoms with Crippen molar-refractivity contribution in [2.75, 3.05) is 0 Å². The number of carbonyl (C=O) groups excluding carboxylic acids is 1. The van der Waals surface area contributed by atoms with E-state index in [9.17, 15) is 14.9 Å². The first-order valence-electron chi connectivity index (χ1n) is 9.11. The van der Waals surface area contributed by atoms with Gasteiger partial charge < -0.3 is 9.73 Å². The van der Waals surface area contributed by atoms with E-state index in [-0.39, 0.29) is 11.6 Å². The predicted octanol–water partition coefficient (Wildman–Crippen LogP) is 5.36. The zero-order valence-corrected chi connectivity index (χ0v) is 17.0. The number of para-hydroxylation sites is 1. The molecule has 0 bridgehead atoms. The van der Waals surface area contributed by atoms with Crippen LogP contribution in [0.25, 0.3) is 17.4 Å². The molecule has 0 aliphatic carbocycles. The third kappa shape index (κ3) is 4.04. The lowest BCUT2D eigenvalue weighted by Crippen LogP contribution is -2.19. The van der Waals surface area contributed by atoms with Crippen molar-refractivity contribution in [2.45, 2.75) is 13.8 Å². The second-order valence-corrected chi connectivity index (χ2v) is 7.78. The number of furan rings is 1. The molecule has 8 heteroatoms. The van der Waals surface area contributed by atoms with Crippen molar-refractivity contribution in [3.05, 3.63) is 86.5 Å². The van der Waals surface area contributed by atoms with Crippen LogP contribution < -0.4 is 5.32 Å². The molecule has 2 heterocycles. The smallest absolute Gasteiger partial charge is 0.280 e. The first-order valence-corrected chi connectivity index (χ1v) is 9.93. The van der Waals surface area contributed by atoms with Crippen LogP contribution in [0.5, 0.6) is 0 Å². The molecule has 2 aromatic carbocycles. The molecule has 0 saturated carbocycles. The summed E-state index contributed by atoms with van der Waals surface area (Å²) >= 11 is 1.22. The van der Waals surface area contributed by atoms with Gasteiger partial charge >= 0.3 is 0 Å². The molecule has 0 spiro atoms. The maximum Gasteiger partial charge on any atom is 0.280 e. The minimum Gasteiger partial charge on any atom is -0.456 e. The van der Waals surface area contributed by atoms with Crippen LogP contribution in [0.3, 0.4) is 0 Å². The highest BCUT2D eigenvalue weighted by molar-refractivity contribution is 8.18. The maximum atomic E-state index is 12.3. The number of hydrogen-bond donors (Lipinski definition) is 1. The van der Waals surface area contributed by atoms with Gasteiger partial charge in [0.1, 0.15) is 11.5 Å². The Morgan fingerprint density at radius 2 is 1.93 bits per heavy atom. The van der Waals surface area contributed by atoms with Crippen LogP contribution in [-0.4, -0.2) is 16.0 Å². The van der Waals surface area contributed by atoms with Crippen LogP contribution in [-0.2, 0) is 4.79 Å². The Balaban J connectivity index is 1.60. The fourth-order valence-electron chi connectivity index (χ4n) is 2.98. The number of nitro groups is 1. The number of thioether (sulfide) groups is 1. The van der Waals surface area contributed by atoms with Gasteiger partial charge in [-0.25, -0.2) is 4.99 Å². The Morgan fingerprint density at radius 3 is 2.73 bits per heavy atom. The van der Waals surface area contributed by atoms with Crippen molar-refractivity contribution in [1.82, 2.24) is 5.32 Å². The predicted molar refractivity (Wildman–Crippen MR) is 118 cm³/mol. The molecule has 1 saturated heterocycles. The van der Waals surface area contributed by atoms with E-state index in [1.807, 2.05) is 32.0 Å². The molecule has 0 unspecified atom stereocenters. The summed E-state index contributed by atoms with van der Waals surface area (Å²) in [5.41, 5.74) is 3.24. The second kappa shape index (κ2) is 8.00. The van der Waals surface area contributed by atoms with Crippen LogP contribution in [0.15, 0.2) is 68.9 Å². The third-order valence-electron chi connectivity index (χ3n) is 4.50. The molecule has 1 N–H and O–H groups in total. The van der Waals surface area contributed by atoms with Crippen molar-refractivity contribution >= 4 is 40.3 Å². The Hall–Kier alpha value is -3.65. The number of nitro benzene ring substituents is 1. The molecule has 150 valence electrons. The van der Waals surface area contributed by atoms with E-state index in [1.54, 1.807) is 36.4 Å². The molecule has 30 heavy (non-hydrogen) atoms. The van der Waals surface area contributed by atoms with E-state index < -0.39 is 4.92 Å².